The van der Waals surface area contributed by atoms with Crippen molar-refractivity contribution in [2.75, 3.05) is 11.5 Å². The second-order valence-electron chi connectivity index (χ2n) is 18.2. The Morgan fingerprint density at radius 2 is 0.511 bits per heavy atom. The number of hydrogen-bond acceptors (Lipinski definition) is 3. The molecule has 0 aromatic rings. The van der Waals surface area contributed by atoms with E-state index in [2.05, 4.69) is 31.4 Å². The molecule has 0 amide bonds. The molecule has 0 N–H and O–H groups in total. The Morgan fingerprint density at radius 1 is 0.298 bits per heavy atom. The van der Waals surface area contributed by atoms with Crippen molar-refractivity contribution in [3.05, 3.63) is 0 Å². The minimum absolute atomic E-state index is 1.21. The van der Waals surface area contributed by atoms with Gasteiger partial charge in [-0.15, -0.1) is 0 Å². The molecule has 47 heavy (non-hydrogen) atoms. The van der Waals surface area contributed by atoms with Crippen molar-refractivity contribution in [3.63, 3.8) is 0 Å². The minimum atomic E-state index is -1.27. The Hall–Kier alpha value is 1.48. The molecule has 0 aromatic carbocycles. The molecule has 6 aliphatic rings. The molecule has 6 rings (SSSR count). The van der Waals surface area contributed by atoms with E-state index in [1.54, 1.807) is 218 Å². The molecular formula is C42H78S3Si2. The molecule has 5 heteroatoms. The average molecular weight is 735 g/mol. The van der Waals surface area contributed by atoms with Gasteiger partial charge in [0.1, 0.15) is 0 Å². The smallest absolute Gasteiger partial charge is 0.0629 e. The lowest BCUT2D eigenvalue weighted by molar-refractivity contribution is 0.412. The lowest BCUT2D eigenvalue weighted by atomic mass is 9.98. The van der Waals surface area contributed by atoms with Gasteiger partial charge in [-0.25, -0.2) is 0 Å². The van der Waals surface area contributed by atoms with Gasteiger partial charge in [0.25, 0.3) is 0 Å². The van der Waals surface area contributed by atoms with Gasteiger partial charge in [0.2, 0.25) is 0 Å². The molecule has 0 spiro atoms. The maximum atomic E-state index is 2.29. The van der Waals surface area contributed by atoms with Gasteiger partial charge in [-0.3, -0.25) is 0 Å². The maximum Gasteiger partial charge on any atom is 0.0629 e. The Bertz CT molecular complexity index is 672. The normalized spacial score (nSPS) is 26.6. The lowest BCUT2D eigenvalue weighted by Crippen LogP contribution is -2.51. The van der Waals surface area contributed by atoms with E-state index in [1.807, 2.05) is 0 Å². The van der Waals surface area contributed by atoms with Crippen molar-refractivity contribution in [2.24, 2.45) is 0 Å². The van der Waals surface area contributed by atoms with Gasteiger partial charge < -0.3 is 0 Å². The van der Waals surface area contributed by atoms with Crippen LogP contribution in [0.4, 0.5) is 0 Å². The average Bonchev–Trinajstić information content (AvgIpc) is 3.16. The Labute approximate surface area is 308 Å². The summed E-state index contributed by atoms with van der Waals surface area (Å²) in [7, 11) is 4.27. The van der Waals surface area contributed by atoms with Crippen LogP contribution in [0.3, 0.4) is 0 Å². The highest BCUT2D eigenvalue weighted by atomic mass is 33.5. The fourth-order valence-corrected chi connectivity index (χ4v) is 35.4. The first-order chi connectivity index (χ1) is 23.3. The van der Waals surface area contributed by atoms with E-state index in [-0.39, 0.29) is 0 Å². The van der Waals surface area contributed by atoms with Crippen LogP contribution in [0, 0.1) is 0 Å². The van der Waals surface area contributed by atoms with Crippen LogP contribution < -0.4 is 0 Å². The number of hydrogen-bond donors (Lipinski definition) is 0. The Balaban J connectivity index is 1.01. The van der Waals surface area contributed by atoms with Crippen LogP contribution in [0.2, 0.25) is 45.3 Å². The summed E-state index contributed by atoms with van der Waals surface area (Å²) in [5, 5.41) is 0. The summed E-state index contributed by atoms with van der Waals surface area (Å²) < 4.78 is 0. The van der Waals surface area contributed by atoms with Crippen LogP contribution in [-0.4, -0.2) is 27.7 Å². The van der Waals surface area contributed by atoms with E-state index in [1.165, 1.54) is 44.8 Å². The van der Waals surface area contributed by atoms with Crippen molar-refractivity contribution >= 4 is 47.6 Å². The third-order valence-electron chi connectivity index (χ3n) is 16.0. The first kappa shape index (κ1) is 38.2. The second kappa shape index (κ2) is 20.7. The molecule has 6 saturated carbocycles. The summed E-state index contributed by atoms with van der Waals surface area (Å²) in [6.45, 7) is 0. The SMILES string of the molecule is C1CCC([Si](CCCSSSCCC[Si](C2CCCCC2)(C2CCCCC2)C2CCCCC2)(C2CCCCC2)C2CCCCC2)CC1. The Morgan fingerprint density at radius 3 is 0.723 bits per heavy atom. The maximum absolute atomic E-state index is 2.29. The van der Waals surface area contributed by atoms with E-state index in [4.69, 9.17) is 0 Å². The standard InChI is InChI=1S/C42H78S3Si2/c1-7-21-37(22-8-1)46(38-23-9-2-10-24-38,39-25-11-3-12-26-39)35-19-33-43-45-44-34-20-36-47(40-27-13-4-14-28-40,41-29-15-5-16-30-41)42-31-17-6-18-32-42/h37-42H,1-36H2. The van der Waals surface area contributed by atoms with E-state index < -0.39 is 16.1 Å². The molecule has 272 valence electrons. The van der Waals surface area contributed by atoms with Gasteiger partial charge >= 0.3 is 0 Å². The van der Waals surface area contributed by atoms with E-state index in [9.17, 15) is 0 Å². The van der Waals surface area contributed by atoms with Gasteiger partial charge in [0.15, 0.2) is 0 Å². The zero-order valence-electron chi connectivity index (χ0n) is 31.1. The third kappa shape index (κ3) is 9.93. The second-order valence-corrected chi connectivity index (χ2v) is 33.0. The van der Waals surface area contributed by atoms with E-state index in [0.717, 1.165) is 0 Å². The summed E-state index contributed by atoms with van der Waals surface area (Å²) in [5.74, 6) is 2.90. The lowest BCUT2D eigenvalue weighted by Gasteiger charge is -2.54. The van der Waals surface area contributed by atoms with E-state index in [0.29, 0.717) is 0 Å². The highest BCUT2D eigenvalue weighted by Crippen LogP contribution is 2.61. The molecule has 0 unspecified atom stereocenters. The molecule has 6 aliphatic carbocycles. The van der Waals surface area contributed by atoms with E-state index >= 15 is 0 Å². The highest BCUT2D eigenvalue weighted by molar-refractivity contribution is 9.09. The molecular weight excluding hydrogens is 657 g/mol. The predicted molar refractivity (Wildman–Crippen MR) is 224 cm³/mol. The molecule has 6 fully saturated rings. The molecule has 0 aliphatic heterocycles. The van der Waals surface area contributed by atoms with Crippen LogP contribution in [0.15, 0.2) is 0 Å². The van der Waals surface area contributed by atoms with Crippen LogP contribution in [0.5, 0.6) is 0 Å². The highest BCUT2D eigenvalue weighted by Gasteiger charge is 2.53. The van der Waals surface area contributed by atoms with Crippen molar-refractivity contribution in [2.45, 2.75) is 251 Å². The molecule has 0 atom stereocenters. The van der Waals surface area contributed by atoms with Crippen molar-refractivity contribution in [3.8, 4) is 0 Å². The monoisotopic (exact) mass is 734 g/mol. The summed E-state index contributed by atoms with van der Waals surface area (Å²) >= 11 is 0. The molecule has 0 nitrogen and oxygen atoms in total. The summed E-state index contributed by atoms with van der Waals surface area (Å²) in [6, 6.07) is 3.45. The summed E-state index contributed by atoms with van der Waals surface area (Å²) in [4.78, 5) is 0. The molecule has 0 bridgehead atoms. The largest absolute Gasteiger partial charge is 0.0826 e. The number of rotatable bonds is 16. The van der Waals surface area contributed by atoms with Crippen molar-refractivity contribution < 1.29 is 0 Å². The van der Waals surface area contributed by atoms with Crippen LogP contribution in [-0.2, 0) is 0 Å². The van der Waals surface area contributed by atoms with Gasteiger partial charge in [0, 0.05) is 11.5 Å². The van der Waals surface area contributed by atoms with Gasteiger partial charge in [-0.05, 0) is 55.9 Å². The summed E-state index contributed by atoms with van der Waals surface area (Å²) in [5.41, 5.74) is 7.23. The zero-order chi connectivity index (χ0) is 32.0. The predicted octanol–water partition coefficient (Wildman–Crippen LogP) is 16.7. The van der Waals surface area contributed by atoms with Gasteiger partial charge in [0.05, 0.1) is 16.1 Å². The topological polar surface area (TPSA) is 0 Å². The first-order valence-electron chi connectivity index (χ1n) is 22.2. The fraction of sp³-hybridized carbons (Fsp3) is 1.00. The van der Waals surface area contributed by atoms with Gasteiger partial charge in [-0.1, -0.05) is 226 Å². The Kier molecular flexibility index (Phi) is 16.8. The van der Waals surface area contributed by atoms with Crippen molar-refractivity contribution in [1.29, 1.82) is 0 Å². The molecule has 0 radical (unpaired) electrons. The van der Waals surface area contributed by atoms with Crippen LogP contribution in [0.25, 0.3) is 0 Å². The minimum Gasteiger partial charge on any atom is -0.0826 e. The van der Waals surface area contributed by atoms with Crippen LogP contribution >= 0.6 is 31.4 Å². The molecule has 0 saturated heterocycles. The first-order valence-corrected chi connectivity index (χ1v) is 30.9. The quantitative estimate of drug-likeness (QED) is 0.0880. The molecule has 0 aromatic heterocycles. The van der Waals surface area contributed by atoms with Gasteiger partial charge in [-0.2, -0.15) is 0 Å². The summed E-state index contributed by atoms with van der Waals surface area (Å²) in [6.07, 6.45) is 51.0. The third-order valence-corrected chi connectivity index (χ3v) is 35.4. The van der Waals surface area contributed by atoms with Crippen molar-refractivity contribution in [1.82, 2.24) is 0 Å². The van der Waals surface area contributed by atoms with Crippen LogP contribution in [0.1, 0.15) is 205 Å². The fourth-order valence-electron chi connectivity index (χ4n) is 14.0. The molecule has 0 heterocycles. The zero-order valence-corrected chi connectivity index (χ0v) is 35.6.